The largest absolute Gasteiger partial charge is 0.465 e. The Kier molecular flexibility index (Phi) is 0.976. The van der Waals surface area contributed by atoms with Crippen LogP contribution in [-0.2, 0) is 0 Å². The molecule has 0 bridgehead atoms. The van der Waals surface area contributed by atoms with Crippen molar-refractivity contribution in [3.05, 3.63) is 0 Å². The van der Waals surface area contributed by atoms with E-state index in [0.29, 0.717) is 13.1 Å². The number of hydrogen-bond donors (Lipinski definition) is 2. The van der Waals surface area contributed by atoms with Crippen LogP contribution in [0.25, 0.3) is 0 Å². The molecule has 0 aromatic heterocycles. The van der Waals surface area contributed by atoms with Crippen LogP contribution >= 0.6 is 0 Å². The van der Waals surface area contributed by atoms with E-state index in [-0.39, 0.29) is 17.9 Å². The lowest BCUT2D eigenvalue weighted by Crippen LogP contribution is -2.30. The van der Waals surface area contributed by atoms with Crippen molar-refractivity contribution < 1.29 is 15.0 Å². The van der Waals surface area contributed by atoms with Crippen LogP contribution in [0.5, 0.6) is 0 Å². The first kappa shape index (κ1) is 5.97. The van der Waals surface area contributed by atoms with Gasteiger partial charge in [0.05, 0.1) is 6.10 Å². The van der Waals surface area contributed by atoms with E-state index in [1.165, 1.54) is 4.90 Å². The summed E-state index contributed by atoms with van der Waals surface area (Å²) in [5.41, 5.74) is 0. The van der Waals surface area contributed by atoms with Gasteiger partial charge in [-0.2, -0.15) is 0 Å². The van der Waals surface area contributed by atoms with Gasteiger partial charge < -0.3 is 15.1 Å². The predicted octanol–water partition coefficient (Wildman–Crippen LogP) is -0.413. The molecule has 1 unspecified atom stereocenters. The van der Waals surface area contributed by atoms with Gasteiger partial charge in [0.25, 0.3) is 0 Å². The van der Waals surface area contributed by atoms with Crippen LogP contribution in [0.15, 0.2) is 0 Å². The normalized spacial score (nSPS) is 43.3. The third-order valence-electron chi connectivity index (χ3n) is 2.42. The standard InChI is InChI=1S/C6H9NO3/c8-5-3-1-7(6(9)10)2-4(3)5/h3-5,8H,1-2H2,(H,9,10)/t3-,4?,5+/m1/s1. The molecule has 1 aliphatic heterocycles. The van der Waals surface area contributed by atoms with Crippen molar-refractivity contribution in [1.82, 2.24) is 4.90 Å². The Morgan fingerprint density at radius 3 is 2.30 bits per heavy atom. The number of aliphatic hydroxyl groups is 1. The molecule has 1 saturated carbocycles. The summed E-state index contributed by atoms with van der Waals surface area (Å²) in [4.78, 5) is 11.7. The van der Waals surface area contributed by atoms with Gasteiger partial charge in [-0.05, 0) is 0 Å². The van der Waals surface area contributed by atoms with E-state index < -0.39 is 6.09 Å². The number of nitrogens with zero attached hydrogens (tertiary/aromatic N) is 1. The predicted molar refractivity (Wildman–Crippen MR) is 32.6 cm³/mol. The average Bonchev–Trinajstić information content (AvgIpc) is 2.38. The summed E-state index contributed by atoms with van der Waals surface area (Å²) in [6, 6.07) is 0. The third kappa shape index (κ3) is 0.623. The minimum Gasteiger partial charge on any atom is -0.465 e. The van der Waals surface area contributed by atoms with Gasteiger partial charge in [0.1, 0.15) is 0 Å². The van der Waals surface area contributed by atoms with Crippen molar-refractivity contribution in [2.45, 2.75) is 6.10 Å². The zero-order valence-electron chi connectivity index (χ0n) is 5.40. The monoisotopic (exact) mass is 143 g/mol. The Hall–Kier alpha value is -0.770. The van der Waals surface area contributed by atoms with E-state index in [9.17, 15) is 4.79 Å². The van der Waals surface area contributed by atoms with E-state index in [2.05, 4.69) is 0 Å². The maximum atomic E-state index is 10.3. The smallest absolute Gasteiger partial charge is 0.407 e. The molecule has 1 heterocycles. The first-order chi connectivity index (χ1) is 4.70. The molecule has 3 atom stereocenters. The van der Waals surface area contributed by atoms with Gasteiger partial charge in [0.15, 0.2) is 0 Å². The summed E-state index contributed by atoms with van der Waals surface area (Å²) < 4.78 is 0. The average molecular weight is 143 g/mol. The number of rotatable bonds is 0. The Morgan fingerprint density at radius 2 is 1.90 bits per heavy atom. The van der Waals surface area contributed by atoms with Crippen molar-refractivity contribution in [3.8, 4) is 0 Å². The van der Waals surface area contributed by atoms with Crippen molar-refractivity contribution in [2.75, 3.05) is 13.1 Å². The molecule has 56 valence electrons. The Balaban J connectivity index is 1.95. The number of hydrogen-bond acceptors (Lipinski definition) is 2. The van der Waals surface area contributed by atoms with E-state index in [4.69, 9.17) is 10.2 Å². The second-order valence-corrected chi connectivity index (χ2v) is 3.01. The topological polar surface area (TPSA) is 60.8 Å². The molecule has 1 amide bonds. The lowest BCUT2D eigenvalue weighted by molar-refractivity contribution is 0.137. The molecule has 2 fully saturated rings. The van der Waals surface area contributed by atoms with E-state index in [0.717, 1.165) is 0 Å². The van der Waals surface area contributed by atoms with Gasteiger partial charge in [-0.25, -0.2) is 4.79 Å². The molecular weight excluding hydrogens is 134 g/mol. The highest BCUT2D eigenvalue weighted by Gasteiger charge is 2.56. The fourth-order valence-corrected chi connectivity index (χ4v) is 1.65. The molecule has 1 aliphatic carbocycles. The van der Waals surface area contributed by atoms with Gasteiger partial charge in [-0.3, -0.25) is 0 Å². The Bertz CT molecular complexity index is 170. The van der Waals surface area contributed by atoms with Crippen molar-refractivity contribution >= 4 is 6.09 Å². The van der Waals surface area contributed by atoms with Crippen molar-refractivity contribution in [1.29, 1.82) is 0 Å². The van der Waals surface area contributed by atoms with Gasteiger partial charge in [0.2, 0.25) is 0 Å². The number of carboxylic acid groups (broad SMARTS) is 1. The van der Waals surface area contributed by atoms with Crippen molar-refractivity contribution in [2.24, 2.45) is 11.8 Å². The molecule has 0 spiro atoms. The highest BCUT2D eigenvalue weighted by Crippen LogP contribution is 2.45. The SMILES string of the molecule is O=C(O)N1CC2[C@@H](O)[C@@H]2C1. The molecule has 0 radical (unpaired) electrons. The number of piperidine rings is 1. The van der Waals surface area contributed by atoms with Crippen LogP contribution in [0, 0.1) is 11.8 Å². The first-order valence-corrected chi connectivity index (χ1v) is 3.36. The molecule has 10 heavy (non-hydrogen) atoms. The zero-order chi connectivity index (χ0) is 7.30. The highest BCUT2D eigenvalue weighted by atomic mass is 16.4. The fourth-order valence-electron chi connectivity index (χ4n) is 1.65. The molecule has 1 saturated heterocycles. The molecule has 4 heteroatoms. The number of carbonyl (C=O) groups is 1. The highest BCUT2D eigenvalue weighted by molar-refractivity contribution is 5.65. The van der Waals surface area contributed by atoms with E-state index in [1.807, 2.05) is 0 Å². The summed E-state index contributed by atoms with van der Waals surface area (Å²) in [5, 5.41) is 17.5. The Labute approximate surface area is 58.1 Å². The molecule has 2 rings (SSSR count). The molecular formula is C6H9NO3. The first-order valence-electron chi connectivity index (χ1n) is 3.36. The van der Waals surface area contributed by atoms with Gasteiger partial charge in [-0.15, -0.1) is 0 Å². The van der Waals surface area contributed by atoms with Crippen LogP contribution < -0.4 is 0 Å². The van der Waals surface area contributed by atoms with E-state index >= 15 is 0 Å². The Morgan fingerprint density at radius 1 is 1.40 bits per heavy atom. The fraction of sp³-hybridized carbons (Fsp3) is 0.833. The maximum Gasteiger partial charge on any atom is 0.407 e. The summed E-state index contributed by atoms with van der Waals surface area (Å²) in [5.74, 6) is 0.493. The lowest BCUT2D eigenvalue weighted by Gasteiger charge is -2.13. The van der Waals surface area contributed by atoms with Gasteiger partial charge in [0, 0.05) is 24.9 Å². The van der Waals surface area contributed by atoms with Crippen LogP contribution in [0.2, 0.25) is 0 Å². The second-order valence-electron chi connectivity index (χ2n) is 3.01. The summed E-state index contributed by atoms with van der Waals surface area (Å²) in [6.07, 6.45) is -1.07. The molecule has 2 aliphatic rings. The van der Waals surface area contributed by atoms with Gasteiger partial charge in [-0.1, -0.05) is 0 Å². The number of likely N-dealkylation sites (tertiary alicyclic amines) is 1. The quantitative estimate of drug-likeness (QED) is 0.484. The van der Waals surface area contributed by atoms with Crippen LogP contribution in [0.3, 0.4) is 0 Å². The molecule has 0 aromatic rings. The van der Waals surface area contributed by atoms with Crippen LogP contribution in [0.1, 0.15) is 0 Å². The zero-order valence-corrected chi connectivity index (χ0v) is 5.40. The van der Waals surface area contributed by atoms with Gasteiger partial charge >= 0.3 is 6.09 Å². The van der Waals surface area contributed by atoms with E-state index in [1.54, 1.807) is 0 Å². The van der Waals surface area contributed by atoms with Crippen LogP contribution in [-0.4, -0.2) is 40.4 Å². The summed E-state index contributed by atoms with van der Waals surface area (Å²) >= 11 is 0. The molecule has 4 nitrogen and oxygen atoms in total. The number of fused-ring (bicyclic) bond motifs is 1. The number of amides is 1. The second kappa shape index (κ2) is 1.63. The molecule has 2 N–H and O–H groups in total. The van der Waals surface area contributed by atoms with Crippen LogP contribution in [0.4, 0.5) is 4.79 Å². The number of aliphatic hydroxyl groups excluding tert-OH is 1. The van der Waals surface area contributed by atoms with Crippen molar-refractivity contribution in [3.63, 3.8) is 0 Å². The summed E-state index contributed by atoms with van der Waals surface area (Å²) in [6.45, 7) is 1.06. The summed E-state index contributed by atoms with van der Waals surface area (Å²) in [7, 11) is 0. The molecule has 0 aromatic carbocycles. The lowest BCUT2D eigenvalue weighted by atomic mass is 10.4. The minimum absolute atomic E-state index is 0.212. The third-order valence-corrected chi connectivity index (χ3v) is 2.42. The minimum atomic E-state index is -0.862. The maximum absolute atomic E-state index is 10.3.